The molecule has 0 spiro atoms. The third-order valence-electron chi connectivity index (χ3n) is 4.47. The number of nitrogens with zero attached hydrogens (tertiary/aromatic N) is 1. The Morgan fingerprint density at radius 1 is 1.13 bits per heavy atom. The van der Waals surface area contributed by atoms with E-state index in [0.29, 0.717) is 21.4 Å². The van der Waals surface area contributed by atoms with Gasteiger partial charge in [0.25, 0.3) is 5.91 Å². The molecule has 2 amide bonds. The molecule has 30 heavy (non-hydrogen) atoms. The van der Waals surface area contributed by atoms with Gasteiger partial charge in [0.1, 0.15) is 11.8 Å². The van der Waals surface area contributed by atoms with Crippen molar-refractivity contribution in [3.8, 4) is 5.75 Å². The summed E-state index contributed by atoms with van der Waals surface area (Å²) in [6.07, 6.45) is 0. The number of halogens is 2. The van der Waals surface area contributed by atoms with Crippen LogP contribution in [-0.4, -0.2) is 34.9 Å². The van der Waals surface area contributed by atoms with E-state index in [4.69, 9.17) is 27.9 Å². The standard InChI is InChI=1S/C23H28Cl2N2O3/c1-15-8-6-7-9-20(15)30-14-21(28)27(16(2)22(29)26-23(3,4)5)13-17-10-11-18(24)12-19(17)25/h6-12,16H,13-14H2,1-5H3,(H,26,29)/t16-/m0/s1. The maximum absolute atomic E-state index is 13.1. The molecular weight excluding hydrogens is 423 g/mol. The molecule has 0 saturated carbocycles. The SMILES string of the molecule is Cc1ccccc1OCC(=O)N(Cc1ccc(Cl)cc1Cl)[C@@H](C)C(=O)NC(C)(C)C. The van der Waals surface area contributed by atoms with Gasteiger partial charge in [0.05, 0.1) is 0 Å². The fourth-order valence-electron chi connectivity index (χ4n) is 2.83. The molecule has 0 bridgehead atoms. The van der Waals surface area contributed by atoms with E-state index in [1.807, 2.05) is 45.9 Å². The maximum Gasteiger partial charge on any atom is 0.261 e. The van der Waals surface area contributed by atoms with Gasteiger partial charge in [0, 0.05) is 22.1 Å². The summed E-state index contributed by atoms with van der Waals surface area (Å²) >= 11 is 12.3. The van der Waals surface area contributed by atoms with Crippen LogP contribution in [0.1, 0.15) is 38.8 Å². The Kier molecular flexibility index (Phi) is 8.16. The van der Waals surface area contributed by atoms with Gasteiger partial charge in [0.2, 0.25) is 5.91 Å². The number of carbonyl (C=O) groups is 2. The average molecular weight is 451 g/mol. The molecule has 0 aliphatic rings. The van der Waals surface area contributed by atoms with Crippen LogP contribution in [0.2, 0.25) is 10.0 Å². The molecule has 0 fully saturated rings. The first-order valence-corrected chi connectivity index (χ1v) is 10.5. The second-order valence-electron chi connectivity index (χ2n) is 8.23. The predicted octanol–water partition coefficient (Wildman–Crippen LogP) is 5.01. The molecule has 7 heteroatoms. The van der Waals surface area contributed by atoms with E-state index in [-0.39, 0.29) is 25.0 Å². The number of para-hydroxylation sites is 1. The third-order valence-corrected chi connectivity index (χ3v) is 5.05. The number of carbonyl (C=O) groups excluding carboxylic acids is 2. The molecule has 0 heterocycles. The van der Waals surface area contributed by atoms with Crippen molar-refractivity contribution >= 4 is 35.0 Å². The normalized spacial score (nSPS) is 12.2. The van der Waals surface area contributed by atoms with Gasteiger partial charge in [-0.25, -0.2) is 0 Å². The zero-order chi connectivity index (χ0) is 22.5. The minimum Gasteiger partial charge on any atom is -0.484 e. The van der Waals surface area contributed by atoms with Crippen LogP contribution in [0.3, 0.4) is 0 Å². The van der Waals surface area contributed by atoms with Crippen molar-refractivity contribution in [2.75, 3.05) is 6.61 Å². The second-order valence-corrected chi connectivity index (χ2v) is 9.07. The molecule has 1 N–H and O–H groups in total. The van der Waals surface area contributed by atoms with E-state index in [9.17, 15) is 9.59 Å². The van der Waals surface area contributed by atoms with Crippen molar-refractivity contribution in [2.24, 2.45) is 0 Å². The predicted molar refractivity (Wildman–Crippen MR) is 121 cm³/mol. The highest BCUT2D eigenvalue weighted by molar-refractivity contribution is 6.35. The minimum absolute atomic E-state index is 0.157. The summed E-state index contributed by atoms with van der Waals surface area (Å²) in [5, 5.41) is 3.86. The Labute approximate surface area is 188 Å². The van der Waals surface area contributed by atoms with Gasteiger partial charge in [-0.05, 0) is 63.9 Å². The molecule has 0 saturated heterocycles. The highest BCUT2D eigenvalue weighted by Gasteiger charge is 2.29. The first kappa shape index (κ1) is 24.0. The number of nitrogens with one attached hydrogen (secondary N) is 1. The van der Waals surface area contributed by atoms with Gasteiger partial charge in [0.15, 0.2) is 6.61 Å². The zero-order valence-corrected chi connectivity index (χ0v) is 19.5. The lowest BCUT2D eigenvalue weighted by atomic mass is 10.1. The topological polar surface area (TPSA) is 58.6 Å². The van der Waals surface area contributed by atoms with E-state index < -0.39 is 11.6 Å². The highest BCUT2D eigenvalue weighted by atomic mass is 35.5. The molecule has 1 atom stereocenters. The van der Waals surface area contributed by atoms with Crippen molar-refractivity contribution in [1.29, 1.82) is 0 Å². The summed E-state index contributed by atoms with van der Waals surface area (Å²) < 4.78 is 5.72. The quantitative estimate of drug-likeness (QED) is 0.644. The minimum atomic E-state index is -0.719. The Hall–Kier alpha value is -2.24. The third kappa shape index (κ3) is 6.92. The largest absolute Gasteiger partial charge is 0.484 e. The number of rotatable bonds is 7. The number of hydrogen-bond acceptors (Lipinski definition) is 3. The molecule has 0 unspecified atom stereocenters. The smallest absolute Gasteiger partial charge is 0.261 e. The fourth-order valence-corrected chi connectivity index (χ4v) is 3.30. The summed E-state index contributed by atoms with van der Waals surface area (Å²) in [7, 11) is 0. The van der Waals surface area contributed by atoms with Gasteiger partial charge in [-0.1, -0.05) is 47.5 Å². The summed E-state index contributed by atoms with van der Waals surface area (Å²) in [5.74, 6) is 0.0554. The first-order valence-electron chi connectivity index (χ1n) is 9.72. The molecule has 0 radical (unpaired) electrons. The van der Waals surface area contributed by atoms with Gasteiger partial charge >= 0.3 is 0 Å². The van der Waals surface area contributed by atoms with Gasteiger partial charge < -0.3 is 15.0 Å². The monoisotopic (exact) mass is 450 g/mol. The Bertz CT molecular complexity index is 910. The lowest BCUT2D eigenvalue weighted by Crippen LogP contribution is -2.53. The van der Waals surface area contributed by atoms with E-state index in [2.05, 4.69) is 5.32 Å². The van der Waals surface area contributed by atoms with Gasteiger partial charge in [-0.2, -0.15) is 0 Å². The van der Waals surface area contributed by atoms with Crippen molar-refractivity contribution in [1.82, 2.24) is 10.2 Å². The van der Waals surface area contributed by atoms with Crippen molar-refractivity contribution < 1.29 is 14.3 Å². The first-order chi connectivity index (χ1) is 14.0. The van der Waals surface area contributed by atoms with Gasteiger partial charge in [-0.3, -0.25) is 9.59 Å². The van der Waals surface area contributed by atoms with Crippen LogP contribution in [-0.2, 0) is 16.1 Å². The van der Waals surface area contributed by atoms with Crippen LogP contribution in [0.5, 0.6) is 5.75 Å². The van der Waals surface area contributed by atoms with E-state index >= 15 is 0 Å². The van der Waals surface area contributed by atoms with Crippen molar-refractivity contribution in [3.63, 3.8) is 0 Å². The lowest BCUT2D eigenvalue weighted by molar-refractivity contribution is -0.142. The molecule has 2 rings (SSSR count). The number of hydrogen-bond donors (Lipinski definition) is 1. The summed E-state index contributed by atoms with van der Waals surface area (Å²) in [5.41, 5.74) is 1.20. The van der Waals surface area contributed by atoms with Gasteiger partial charge in [-0.15, -0.1) is 0 Å². The second kappa shape index (κ2) is 10.2. The average Bonchev–Trinajstić information content (AvgIpc) is 2.64. The van der Waals surface area contributed by atoms with Crippen LogP contribution in [0.4, 0.5) is 0 Å². The summed E-state index contributed by atoms with van der Waals surface area (Å²) in [6.45, 7) is 9.23. The zero-order valence-electron chi connectivity index (χ0n) is 18.0. The number of aryl methyl sites for hydroxylation is 1. The molecule has 5 nitrogen and oxygen atoms in total. The Balaban J connectivity index is 2.23. The van der Waals surface area contributed by atoms with Crippen molar-refractivity contribution in [3.05, 3.63) is 63.6 Å². The van der Waals surface area contributed by atoms with Crippen LogP contribution < -0.4 is 10.1 Å². The Morgan fingerprint density at radius 2 is 1.80 bits per heavy atom. The molecule has 2 aromatic rings. The van der Waals surface area contributed by atoms with Crippen molar-refractivity contribution in [2.45, 2.75) is 52.7 Å². The molecule has 2 aromatic carbocycles. The maximum atomic E-state index is 13.1. The number of benzene rings is 2. The molecule has 0 aliphatic carbocycles. The van der Waals surface area contributed by atoms with E-state index in [1.165, 1.54) is 4.90 Å². The summed E-state index contributed by atoms with van der Waals surface area (Å²) in [6, 6.07) is 11.8. The van der Waals surface area contributed by atoms with E-state index in [0.717, 1.165) is 5.56 Å². The molecule has 0 aliphatic heterocycles. The van der Waals surface area contributed by atoms with Crippen LogP contribution in [0.15, 0.2) is 42.5 Å². The lowest BCUT2D eigenvalue weighted by Gasteiger charge is -2.31. The summed E-state index contributed by atoms with van der Waals surface area (Å²) in [4.78, 5) is 27.3. The highest BCUT2D eigenvalue weighted by Crippen LogP contribution is 2.24. The fraction of sp³-hybridized carbons (Fsp3) is 0.391. The molecule has 0 aromatic heterocycles. The van der Waals surface area contributed by atoms with Crippen LogP contribution >= 0.6 is 23.2 Å². The van der Waals surface area contributed by atoms with E-state index in [1.54, 1.807) is 31.2 Å². The van der Waals surface area contributed by atoms with Crippen LogP contribution in [0, 0.1) is 6.92 Å². The Morgan fingerprint density at radius 3 is 2.40 bits per heavy atom. The number of amides is 2. The van der Waals surface area contributed by atoms with Crippen LogP contribution in [0.25, 0.3) is 0 Å². The molecule has 162 valence electrons. The molecular formula is C23H28Cl2N2O3. The number of ether oxygens (including phenoxy) is 1.